The molecule has 0 spiro atoms. The van der Waals surface area contributed by atoms with Gasteiger partial charge in [0, 0.05) is 29.9 Å². The number of rotatable bonds is 2. The summed E-state index contributed by atoms with van der Waals surface area (Å²) in [6.45, 7) is 0. The smallest absolute Gasteiger partial charge is 0.118 e. The number of nitrogens with zero attached hydrogens (tertiary/aromatic N) is 1. The molecule has 0 saturated heterocycles. The first kappa shape index (κ1) is 11.2. The van der Waals surface area contributed by atoms with Gasteiger partial charge in [0.2, 0.25) is 0 Å². The van der Waals surface area contributed by atoms with Gasteiger partial charge in [-0.3, -0.25) is 4.98 Å². The SMILES string of the molecule is COc1ccc(-c2cnc3c(c2)CC(N)C3)cc1. The number of aromatic nitrogens is 1. The Bertz CT molecular complexity index is 563. The van der Waals surface area contributed by atoms with Crippen molar-refractivity contribution in [2.24, 2.45) is 5.73 Å². The molecule has 1 heterocycles. The van der Waals surface area contributed by atoms with Gasteiger partial charge in [-0.25, -0.2) is 0 Å². The molecular weight excluding hydrogens is 224 g/mol. The second-order valence-electron chi connectivity index (χ2n) is 4.73. The van der Waals surface area contributed by atoms with Crippen LogP contribution in [0, 0.1) is 0 Å². The molecule has 2 N–H and O–H groups in total. The van der Waals surface area contributed by atoms with E-state index in [1.165, 1.54) is 5.56 Å². The lowest BCUT2D eigenvalue weighted by Crippen LogP contribution is -2.19. The van der Waals surface area contributed by atoms with E-state index in [9.17, 15) is 0 Å². The Balaban J connectivity index is 1.95. The number of hydrogen-bond donors (Lipinski definition) is 1. The molecule has 0 amide bonds. The second kappa shape index (κ2) is 4.42. The Morgan fingerprint density at radius 3 is 2.67 bits per heavy atom. The van der Waals surface area contributed by atoms with Crippen LogP contribution in [0.1, 0.15) is 11.3 Å². The summed E-state index contributed by atoms with van der Waals surface area (Å²) in [6.07, 6.45) is 3.77. The van der Waals surface area contributed by atoms with Gasteiger partial charge in [-0.15, -0.1) is 0 Å². The van der Waals surface area contributed by atoms with Crippen molar-refractivity contribution < 1.29 is 4.74 Å². The fraction of sp³-hybridized carbons (Fsp3) is 0.267. The monoisotopic (exact) mass is 240 g/mol. The lowest BCUT2D eigenvalue weighted by Gasteiger charge is -2.05. The maximum absolute atomic E-state index is 5.96. The van der Waals surface area contributed by atoms with Gasteiger partial charge in [-0.1, -0.05) is 12.1 Å². The predicted octanol–water partition coefficient (Wildman–Crippen LogP) is 2.18. The third-order valence-corrected chi connectivity index (χ3v) is 3.42. The largest absolute Gasteiger partial charge is 0.497 e. The highest BCUT2D eigenvalue weighted by atomic mass is 16.5. The summed E-state index contributed by atoms with van der Waals surface area (Å²) in [5.41, 5.74) is 10.7. The first-order valence-electron chi connectivity index (χ1n) is 6.14. The van der Waals surface area contributed by atoms with Crippen molar-refractivity contribution in [2.45, 2.75) is 18.9 Å². The van der Waals surface area contributed by atoms with E-state index >= 15 is 0 Å². The van der Waals surface area contributed by atoms with Gasteiger partial charge in [0.1, 0.15) is 5.75 Å². The standard InChI is InChI=1S/C15H16N2O/c1-18-14-4-2-10(3-5-14)12-6-11-7-13(16)8-15(11)17-9-12/h2-6,9,13H,7-8,16H2,1H3. The maximum Gasteiger partial charge on any atom is 0.118 e. The number of nitrogens with two attached hydrogens (primary N) is 1. The summed E-state index contributed by atoms with van der Waals surface area (Å²) in [7, 11) is 1.67. The minimum Gasteiger partial charge on any atom is -0.497 e. The molecule has 3 heteroatoms. The lowest BCUT2D eigenvalue weighted by atomic mass is 10.0. The number of fused-ring (bicyclic) bond motifs is 1. The molecule has 1 aromatic carbocycles. The summed E-state index contributed by atoms with van der Waals surface area (Å²) in [4.78, 5) is 4.52. The second-order valence-corrected chi connectivity index (χ2v) is 4.73. The molecule has 0 aliphatic heterocycles. The normalized spacial score (nSPS) is 17.6. The van der Waals surface area contributed by atoms with Gasteiger partial charge in [0.25, 0.3) is 0 Å². The van der Waals surface area contributed by atoms with E-state index in [0.29, 0.717) is 0 Å². The number of ether oxygens (including phenoxy) is 1. The first-order chi connectivity index (χ1) is 8.76. The van der Waals surface area contributed by atoms with Crippen molar-refractivity contribution in [1.82, 2.24) is 4.98 Å². The van der Waals surface area contributed by atoms with Gasteiger partial charge in [-0.2, -0.15) is 0 Å². The van der Waals surface area contributed by atoms with Crippen molar-refractivity contribution in [3.05, 3.63) is 47.8 Å². The van der Waals surface area contributed by atoms with E-state index < -0.39 is 0 Å². The third kappa shape index (κ3) is 1.97. The number of pyridine rings is 1. The molecule has 1 aromatic heterocycles. The molecule has 3 nitrogen and oxygen atoms in total. The highest BCUT2D eigenvalue weighted by Crippen LogP contribution is 2.26. The van der Waals surface area contributed by atoms with E-state index in [2.05, 4.69) is 23.2 Å². The van der Waals surface area contributed by atoms with Gasteiger partial charge >= 0.3 is 0 Å². The van der Waals surface area contributed by atoms with Crippen LogP contribution >= 0.6 is 0 Å². The van der Waals surface area contributed by atoms with Crippen molar-refractivity contribution in [3.63, 3.8) is 0 Å². The van der Waals surface area contributed by atoms with Crippen LogP contribution in [-0.4, -0.2) is 18.1 Å². The van der Waals surface area contributed by atoms with Crippen LogP contribution in [0.4, 0.5) is 0 Å². The quantitative estimate of drug-likeness (QED) is 0.875. The molecule has 2 aromatic rings. The first-order valence-corrected chi connectivity index (χ1v) is 6.14. The van der Waals surface area contributed by atoms with Crippen LogP contribution in [0.15, 0.2) is 36.5 Å². The minimum atomic E-state index is 0.235. The summed E-state index contributed by atoms with van der Waals surface area (Å²) < 4.78 is 5.16. The Morgan fingerprint density at radius 2 is 1.94 bits per heavy atom. The zero-order valence-corrected chi connectivity index (χ0v) is 10.4. The molecular formula is C15H16N2O. The third-order valence-electron chi connectivity index (χ3n) is 3.42. The van der Waals surface area contributed by atoms with E-state index in [-0.39, 0.29) is 6.04 Å². The van der Waals surface area contributed by atoms with E-state index in [1.807, 2.05) is 18.3 Å². The van der Waals surface area contributed by atoms with Gasteiger partial charge in [-0.05, 0) is 35.7 Å². The van der Waals surface area contributed by atoms with Crippen LogP contribution in [0.5, 0.6) is 5.75 Å². The minimum absolute atomic E-state index is 0.235. The van der Waals surface area contributed by atoms with E-state index in [1.54, 1.807) is 7.11 Å². The highest BCUT2D eigenvalue weighted by Gasteiger charge is 2.19. The zero-order valence-electron chi connectivity index (χ0n) is 10.4. The summed E-state index contributed by atoms with van der Waals surface area (Å²) in [5, 5.41) is 0. The average molecular weight is 240 g/mol. The summed E-state index contributed by atoms with van der Waals surface area (Å²) >= 11 is 0. The van der Waals surface area contributed by atoms with Gasteiger partial charge in [0.05, 0.1) is 7.11 Å². The molecule has 0 bridgehead atoms. The number of methoxy groups -OCH3 is 1. The molecule has 1 aliphatic carbocycles. The van der Waals surface area contributed by atoms with Gasteiger partial charge < -0.3 is 10.5 Å². The molecule has 1 atom stereocenters. The average Bonchev–Trinajstić information content (AvgIpc) is 2.78. The maximum atomic E-state index is 5.96. The molecule has 0 fully saturated rings. The van der Waals surface area contributed by atoms with Crippen LogP contribution in [-0.2, 0) is 12.8 Å². The Hall–Kier alpha value is -1.87. The van der Waals surface area contributed by atoms with Gasteiger partial charge in [0.15, 0.2) is 0 Å². The molecule has 18 heavy (non-hydrogen) atoms. The number of benzene rings is 1. The fourth-order valence-electron chi connectivity index (χ4n) is 2.44. The molecule has 1 unspecified atom stereocenters. The molecule has 0 radical (unpaired) electrons. The fourth-order valence-corrected chi connectivity index (χ4v) is 2.44. The lowest BCUT2D eigenvalue weighted by molar-refractivity contribution is 0.415. The summed E-state index contributed by atoms with van der Waals surface area (Å²) in [6, 6.07) is 10.5. The predicted molar refractivity (Wildman–Crippen MR) is 71.6 cm³/mol. The van der Waals surface area contributed by atoms with Crippen molar-refractivity contribution in [3.8, 4) is 16.9 Å². The zero-order chi connectivity index (χ0) is 12.5. The molecule has 0 saturated carbocycles. The highest BCUT2D eigenvalue weighted by molar-refractivity contribution is 5.64. The molecule has 3 rings (SSSR count). The van der Waals surface area contributed by atoms with Crippen LogP contribution < -0.4 is 10.5 Å². The molecule has 1 aliphatic rings. The van der Waals surface area contributed by atoms with Crippen LogP contribution in [0.3, 0.4) is 0 Å². The van der Waals surface area contributed by atoms with E-state index in [0.717, 1.165) is 35.4 Å². The van der Waals surface area contributed by atoms with Crippen LogP contribution in [0.2, 0.25) is 0 Å². The van der Waals surface area contributed by atoms with Crippen molar-refractivity contribution in [2.75, 3.05) is 7.11 Å². The van der Waals surface area contributed by atoms with Crippen molar-refractivity contribution in [1.29, 1.82) is 0 Å². The van der Waals surface area contributed by atoms with Crippen LogP contribution in [0.25, 0.3) is 11.1 Å². The van der Waals surface area contributed by atoms with Crippen molar-refractivity contribution >= 4 is 0 Å². The Kier molecular flexibility index (Phi) is 2.76. The Labute approximate surface area is 107 Å². The topological polar surface area (TPSA) is 48.1 Å². The van der Waals surface area contributed by atoms with E-state index in [4.69, 9.17) is 10.5 Å². The summed E-state index contributed by atoms with van der Waals surface area (Å²) in [5.74, 6) is 0.870. The number of hydrogen-bond acceptors (Lipinski definition) is 3. The Morgan fingerprint density at radius 1 is 1.17 bits per heavy atom. The molecule has 92 valence electrons.